The van der Waals surface area contributed by atoms with Crippen LogP contribution in [0.4, 0.5) is 5.69 Å². The molecule has 28 heavy (non-hydrogen) atoms. The van der Waals surface area contributed by atoms with Gasteiger partial charge in [0.25, 0.3) is 5.91 Å². The fourth-order valence-corrected chi connectivity index (χ4v) is 2.35. The molecule has 6 nitrogen and oxygen atoms in total. The van der Waals surface area contributed by atoms with Crippen molar-refractivity contribution in [3.05, 3.63) is 59.7 Å². The average Bonchev–Trinajstić information content (AvgIpc) is 2.65. The molecule has 0 heterocycles. The molecule has 0 saturated heterocycles. The molecule has 0 radical (unpaired) electrons. The van der Waals surface area contributed by atoms with Gasteiger partial charge in [0.05, 0.1) is 6.54 Å². The number of nitrogens with one attached hydrogen (secondary N) is 1. The van der Waals surface area contributed by atoms with E-state index in [1.165, 1.54) is 10.5 Å². The molecule has 3 N–H and O–H groups in total. The highest BCUT2D eigenvalue weighted by atomic mass is 127. The number of hydrogen-bond donors (Lipinski definition) is 2. The first-order valence-corrected chi connectivity index (χ1v) is 8.94. The minimum absolute atomic E-state index is 0. The Balaban J connectivity index is 0.00000392. The third-order valence-corrected chi connectivity index (χ3v) is 4.02. The first kappa shape index (κ1) is 23.7. The number of rotatable bonds is 7. The van der Waals surface area contributed by atoms with Crippen LogP contribution in [0.2, 0.25) is 0 Å². The summed E-state index contributed by atoms with van der Waals surface area (Å²) in [5, 5.41) is 3.12. The number of halogens is 1. The topological polar surface area (TPSA) is 80.0 Å². The Morgan fingerprint density at radius 3 is 2.57 bits per heavy atom. The molecule has 2 aromatic rings. The third-order valence-electron chi connectivity index (χ3n) is 4.02. The largest absolute Gasteiger partial charge is 0.484 e. The molecule has 2 aromatic carbocycles. The van der Waals surface area contributed by atoms with Crippen LogP contribution in [0.25, 0.3) is 0 Å². The lowest BCUT2D eigenvalue weighted by Gasteiger charge is -2.12. The van der Waals surface area contributed by atoms with E-state index in [0.29, 0.717) is 24.2 Å². The smallest absolute Gasteiger partial charge is 0.259 e. The van der Waals surface area contributed by atoms with Crippen molar-refractivity contribution in [2.24, 2.45) is 10.7 Å². The van der Waals surface area contributed by atoms with Gasteiger partial charge in [-0.15, -0.1) is 24.0 Å². The van der Waals surface area contributed by atoms with Crippen molar-refractivity contribution in [1.29, 1.82) is 0 Å². The Bertz CT molecular complexity index is 806. The zero-order chi connectivity index (χ0) is 19.8. The standard InChI is InChI=1S/C21H28N4O2.HI/c1-15(2)17-8-6-9-18(12-17)24-21(22)23-13-16-7-5-10-19(11-16)27-14-20(26)25(3)4;/h5-12,15H,13-14H2,1-4H3,(H3,22,23,24);1H. The lowest BCUT2D eigenvalue weighted by atomic mass is 10.0. The summed E-state index contributed by atoms with van der Waals surface area (Å²) < 4.78 is 5.52. The van der Waals surface area contributed by atoms with Gasteiger partial charge in [-0.1, -0.05) is 38.1 Å². The lowest BCUT2D eigenvalue weighted by molar-refractivity contribution is -0.130. The number of likely N-dealkylation sites (N-methyl/N-ethyl adjacent to an activating group) is 1. The molecular weight excluding hydrogens is 467 g/mol. The van der Waals surface area contributed by atoms with Gasteiger partial charge in [0.1, 0.15) is 5.75 Å². The van der Waals surface area contributed by atoms with Crippen LogP contribution in [0.15, 0.2) is 53.5 Å². The number of hydrogen-bond acceptors (Lipinski definition) is 3. The van der Waals surface area contributed by atoms with Crippen LogP contribution in [0.3, 0.4) is 0 Å². The Hall–Kier alpha value is -2.29. The molecule has 0 bridgehead atoms. The second-order valence-corrected chi connectivity index (χ2v) is 6.83. The maximum absolute atomic E-state index is 11.6. The highest BCUT2D eigenvalue weighted by molar-refractivity contribution is 14.0. The van der Waals surface area contributed by atoms with Gasteiger partial charge in [-0.3, -0.25) is 4.79 Å². The fraction of sp³-hybridized carbons (Fsp3) is 0.333. The first-order valence-electron chi connectivity index (χ1n) is 8.94. The van der Waals surface area contributed by atoms with Crippen molar-refractivity contribution in [3.8, 4) is 5.75 Å². The van der Waals surface area contributed by atoms with Gasteiger partial charge in [-0.2, -0.15) is 0 Å². The third kappa shape index (κ3) is 7.75. The van der Waals surface area contributed by atoms with Gasteiger partial charge in [0.15, 0.2) is 12.6 Å². The van der Waals surface area contributed by atoms with E-state index in [-0.39, 0.29) is 36.5 Å². The molecule has 0 aromatic heterocycles. The summed E-state index contributed by atoms with van der Waals surface area (Å²) in [6.07, 6.45) is 0. The van der Waals surface area contributed by atoms with Crippen molar-refractivity contribution in [2.45, 2.75) is 26.3 Å². The Morgan fingerprint density at radius 1 is 1.18 bits per heavy atom. The summed E-state index contributed by atoms with van der Waals surface area (Å²) in [7, 11) is 3.40. The maximum Gasteiger partial charge on any atom is 0.259 e. The van der Waals surface area contributed by atoms with Gasteiger partial charge >= 0.3 is 0 Å². The molecule has 0 unspecified atom stereocenters. The van der Waals surface area contributed by atoms with Crippen LogP contribution in [-0.2, 0) is 11.3 Å². The summed E-state index contributed by atoms with van der Waals surface area (Å²) in [5.41, 5.74) is 9.12. The SMILES string of the molecule is CC(C)c1cccc(NC(N)=NCc2cccc(OCC(=O)N(C)C)c2)c1.I. The van der Waals surface area contributed by atoms with E-state index in [1.807, 2.05) is 36.4 Å². The molecule has 0 saturated carbocycles. The molecule has 152 valence electrons. The lowest BCUT2D eigenvalue weighted by Crippen LogP contribution is -2.27. The molecule has 7 heteroatoms. The molecule has 0 aliphatic rings. The molecule has 1 amide bonds. The first-order chi connectivity index (χ1) is 12.8. The normalized spacial score (nSPS) is 11.0. The number of aliphatic imine (C=N–C) groups is 1. The number of ether oxygens (including phenoxy) is 1. The van der Waals surface area contributed by atoms with Crippen molar-refractivity contribution >= 4 is 41.5 Å². The van der Waals surface area contributed by atoms with Crippen molar-refractivity contribution in [3.63, 3.8) is 0 Å². The zero-order valence-corrected chi connectivity index (χ0v) is 19.1. The van der Waals surface area contributed by atoms with Crippen molar-refractivity contribution in [2.75, 3.05) is 26.0 Å². The summed E-state index contributed by atoms with van der Waals surface area (Å²) in [6, 6.07) is 15.6. The molecule has 0 fully saturated rings. The van der Waals surface area contributed by atoms with Crippen LogP contribution >= 0.6 is 24.0 Å². The summed E-state index contributed by atoms with van der Waals surface area (Å²) in [4.78, 5) is 17.5. The highest BCUT2D eigenvalue weighted by Gasteiger charge is 2.05. The van der Waals surface area contributed by atoms with Crippen LogP contribution in [0.5, 0.6) is 5.75 Å². The zero-order valence-electron chi connectivity index (χ0n) is 16.8. The number of carbonyl (C=O) groups excluding carboxylic acids is 1. The minimum Gasteiger partial charge on any atom is -0.484 e. The number of nitrogens with zero attached hydrogens (tertiary/aromatic N) is 2. The van der Waals surface area contributed by atoms with E-state index >= 15 is 0 Å². The second-order valence-electron chi connectivity index (χ2n) is 6.83. The molecule has 0 atom stereocenters. The highest BCUT2D eigenvalue weighted by Crippen LogP contribution is 2.18. The molecule has 0 aliphatic heterocycles. The van der Waals surface area contributed by atoms with E-state index < -0.39 is 0 Å². The summed E-state index contributed by atoms with van der Waals surface area (Å²) in [6.45, 7) is 4.73. The van der Waals surface area contributed by atoms with Crippen LogP contribution in [0, 0.1) is 0 Å². The van der Waals surface area contributed by atoms with E-state index in [4.69, 9.17) is 10.5 Å². The molecule has 2 rings (SSSR count). The Kier molecular flexibility index (Phi) is 9.78. The average molecular weight is 496 g/mol. The monoisotopic (exact) mass is 496 g/mol. The van der Waals surface area contributed by atoms with E-state index in [1.54, 1.807) is 14.1 Å². The van der Waals surface area contributed by atoms with Crippen molar-refractivity contribution in [1.82, 2.24) is 4.90 Å². The quantitative estimate of drug-likeness (QED) is 0.347. The number of nitrogens with two attached hydrogens (primary N) is 1. The number of guanidine groups is 1. The van der Waals surface area contributed by atoms with Gasteiger partial charge in [0.2, 0.25) is 0 Å². The van der Waals surface area contributed by atoms with Gasteiger partial charge in [-0.05, 0) is 41.3 Å². The van der Waals surface area contributed by atoms with E-state index in [2.05, 4.69) is 36.3 Å². The Labute approximate surface area is 184 Å². The minimum atomic E-state index is -0.0875. The van der Waals surface area contributed by atoms with E-state index in [9.17, 15) is 4.79 Å². The predicted octanol–water partition coefficient (Wildman–Crippen LogP) is 3.82. The Morgan fingerprint density at radius 2 is 1.89 bits per heavy atom. The molecule has 0 aliphatic carbocycles. The maximum atomic E-state index is 11.6. The van der Waals surface area contributed by atoms with Crippen LogP contribution < -0.4 is 15.8 Å². The van der Waals surface area contributed by atoms with Gasteiger partial charge < -0.3 is 20.7 Å². The van der Waals surface area contributed by atoms with E-state index in [0.717, 1.165) is 11.3 Å². The van der Waals surface area contributed by atoms with Crippen LogP contribution in [-0.4, -0.2) is 37.5 Å². The fourth-order valence-electron chi connectivity index (χ4n) is 2.35. The predicted molar refractivity (Wildman–Crippen MR) is 126 cm³/mol. The van der Waals surface area contributed by atoms with Crippen LogP contribution in [0.1, 0.15) is 30.9 Å². The second kappa shape index (κ2) is 11.5. The molecular formula is C21H29IN4O2. The number of amides is 1. The van der Waals surface area contributed by atoms with Gasteiger partial charge in [-0.25, -0.2) is 4.99 Å². The van der Waals surface area contributed by atoms with Gasteiger partial charge in [0, 0.05) is 19.8 Å². The summed E-state index contributed by atoms with van der Waals surface area (Å²) in [5.74, 6) is 1.35. The van der Waals surface area contributed by atoms with Crippen molar-refractivity contribution < 1.29 is 9.53 Å². The number of anilines is 1. The number of benzene rings is 2. The summed E-state index contributed by atoms with van der Waals surface area (Å²) >= 11 is 0. The molecule has 0 spiro atoms. The number of carbonyl (C=O) groups is 1.